The van der Waals surface area contributed by atoms with Gasteiger partial charge in [0.2, 0.25) is 0 Å². The molecule has 0 amide bonds. The number of oxazole rings is 1. The number of hydrogen-bond acceptors (Lipinski definition) is 4. The predicted molar refractivity (Wildman–Crippen MR) is 62.4 cm³/mol. The van der Waals surface area contributed by atoms with Gasteiger partial charge < -0.3 is 4.42 Å². The Morgan fingerprint density at radius 1 is 1.43 bits per heavy atom. The molecule has 0 aliphatic heterocycles. The van der Waals surface area contributed by atoms with E-state index in [2.05, 4.69) is 28.5 Å². The van der Waals surface area contributed by atoms with E-state index >= 15 is 0 Å². The number of nitrogens with zero attached hydrogens (tertiary/aromatic N) is 1. The smallest absolute Gasteiger partial charge is 0.314 e. The average Bonchev–Trinajstić information content (AvgIpc) is 2.57. The van der Waals surface area contributed by atoms with Gasteiger partial charge in [0.25, 0.3) is 0 Å². The second-order valence-corrected chi connectivity index (χ2v) is 3.70. The summed E-state index contributed by atoms with van der Waals surface area (Å²) in [4.78, 5) is 4.15. The van der Waals surface area contributed by atoms with Crippen LogP contribution in [0.15, 0.2) is 28.7 Å². The number of thiocarbonyl (C=S) groups is 1. The van der Waals surface area contributed by atoms with Crippen molar-refractivity contribution in [2.45, 2.75) is 0 Å². The van der Waals surface area contributed by atoms with Crippen molar-refractivity contribution in [2.75, 3.05) is 5.43 Å². The molecule has 2 N–H and O–H groups in total. The molecular formula is C8H7N3OS2. The molecular weight excluding hydrogens is 218 g/mol. The Morgan fingerprint density at radius 3 is 2.93 bits per heavy atom. The lowest BCUT2D eigenvalue weighted by molar-refractivity contribution is 0.612. The number of hydrogen-bond donors (Lipinski definition) is 3. The van der Waals surface area contributed by atoms with Crippen LogP contribution in [0.4, 0.5) is 6.01 Å². The van der Waals surface area contributed by atoms with Crippen LogP contribution in [0.25, 0.3) is 11.1 Å². The molecule has 6 heteroatoms. The summed E-state index contributed by atoms with van der Waals surface area (Å²) in [5, 5.41) is 0. The number of fused-ring (bicyclic) bond motifs is 1. The molecule has 0 fully saturated rings. The van der Waals surface area contributed by atoms with Crippen LogP contribution >= 0.6 is 24.8 Å². The molecule has 2 rings (SSSR count). The van der Waals surface area contributed by atoms with E-state index in [9.17, 15) is 0 Å². The molecule has 4 nitrogen and oxygen atoms in total. The molecule has 0 aliphatic rings. The molecule has 0 bridgehead atoms. The SMILES string of the molecule is S=C(S)NNc1nc2ccccc2o1. The van der Waals surface area contributed by atoms with Gasteiger partial charge in [-0.15, -0.1) is 12.6 Å². The van der Waals surface area contributed by atoms with Crippen LogP contribution in [0.3, 0.4) is 0 Å². The van der Waals surface area contributed by atoms with E-state index in [1.807, 2.05) is 24.3 Å². The number of nitrogens with one attached hydrogen (secondary N) is 2. The maximum atomic E-state index is 5.34. The standard InChI is InChI=1S/C8H7N3OS2/c13-8(14)11-10-7-9-5-3-1-2-4-6(5)12-7/h1-4H,(H,9,10)(H2,11,13,14). The summed E-state index contributed by atoms with van der Waals surface area (Å²) in [7, 11) is 0. The predicted octanol–water partition coefficient (Wildman–Crippen LogP) is 1.96. The van der Waals surface area contributed by atoms with Crippen molar-refractivity contribution in [3.63, 3.8) is 0 Å². The molecule has 14 heavy (non-hydrogen) atoms. The topological polar surface area (TPSA) is 50.1 Å². The Balaban J connectivity index is 2.22. The molecule has 0 atom stereocenters. The van der Waals surface area contributed by atoms with E-state index < -0.39 is 0 Å². The quantitative estimate of drug-likeness (QED) is 0.414. The summed E-state index contributed by atoms with van der Waals surface area (Å²) in [6.45, 7) is 0. The maximum Gasteiger partial charge on any atom is 0.314 e. The fourth-order valence-electron chi connectivity index (χ4n) is 1.03. The molecule has 2 aromatic rings. The lowest BCUT2D eigenvalue weighted by Crippen LogP contribution is -2.23. The van der Waals surface area contributed by atoms with Gasteiger partial charge in [-0.1, -0.05) is 24.4 Å². The van der Waals surface area contributed by atoms with Gasteiger partial charge in [-0.05, 0) is 12.1 Å². The van der Waals surface area contributed by atoms with E-state index in [1.54, 1.807) is 0 Å². The summed E-state index contributed by atoms with van der Waals surface area (Å²) >= 11 is 8.58. The largest absolute Gasteiger partial charge is 0.422 e. The lowest BCUT2D eigenvalue weighted by atomic mass is 10.3. The van der Waals surface area contributed by atoms with Gasteiger partial charge in [-0.2, -0.15) is 4.98 Å². The molecule has 72 valence electrons. The lowest BCUT2D eigenvalue weighted by Gasteiger charge is -2.00. The Morgan fingerprint density at radius 2 is 2.21 bits per heavy atom. The van der Waals surface area contributed by atoms with Crippen LogP contribution in [-0.2, 0) is 0 Å². The third-order valence-corrected chi connectivity index (χ3v) is 1.78. The first-order chi connectivity index (χ1) is 6.75. The van der Waals surface area contributed by atoms with Gasteiger partial charge in [0.05, 0.1) is 0 Å². The van der Waals surface area contributed by atoms with E-state index in [0.29, 0.717) is 10.3 Å². The van der Waals surface area contributed by atoms with Crippen molar-refractivity contribution >= 4 is 46.3 Å². The zero-order valence-corrected chi connectivity index (χ0v) is 8.73. The molecule has 1 heterocycles. The van der Waals surface area contributed by atoms with Gasteiger partial charge in [-0.25, -0.2) is 0 Å². The van der Waals surface area contributed by atoms with E-state index in [4.69, 9.17) is 16.6 Å². The highest BCUT2D eigenvalue weighted by Crippen LogP contribution is 2.17. The highest BCUT2D eigenvalue weighted by molar-refractivity contribution is 8.11. The monoisotopic (exact) mass is 225 g/mol. The Kier molecular flexibility index (Phi) is 2.55. The summed E-state index contributed by atoms with van der Waals surface area (Å²) in [5.74, 6) is 0. The number of para-hydroxylation sites is 2. The summed E-state index contributed by atoms with van der Waals surface area (Å²) in [5.41, 5.74) is 6.82. The number of anilines is 1. The Hall–Kier alpha value is -1.27. The molecule has 0 saturated carbocycles. The third kappa shape index (κ3) is 1.97. The molecule has 0 radical (unpaired) electrons. The van der Waals surface area contributed by atoms with Crippen molar-refractivity contribution in [1.29, 1.82) is 0 Å². The molecule has 1 aromatic heterocycles. The minimum atomic E-state index is 0.326. The molecule has 0 aliphatic carbocycles. The molecule has 0 saturated heterocycles. The van der Waals surface area contributed by atoms with Crippen molar-refractivity contribution in [2.24, 2.45) is 0 Å². The van der Waals surface area contributed by atoms with Gasteiger partial charge in [0.15, 0.2) is 5.58 Å². The molecule has 0 unspecified atom stereocenters. The minimum Gasteiger partial charge on any atom is -0.422 e. The van der Waals surface area contributed by atoms with Gasteiger partial charge >= 0.3 is 6.01 Å². The minimum absolute atomic E-state index is 0.326. The first-order valence-corrected chi connectivity index (χ1v) is 4.72. The zero-order valence-electron chi connectivity index (χ0n) is 7.02. The van der Waals surface area contributed by atoms with Crippen LogP contribution in [0.5, 0.6) is 0 Å². The number of rotatable bonds is 2. The van der Waals surface area contributed by atoms with Crippen LogP contribution in [-0.4, -0.2) is 9.30 Å². The molecule has 0 spiro atoms. The fraction of sp³-hybridized carbons (Fsp3) is 0. The van der Waals surface area contributed by atoms with E-state index in [-0.39, 0.29) is 0 Å². The van der Waals surface area contributed by atoms with Crippen LogP contribution in [0.1, 0.15) is 0 Å². The van der Waals surface area contributed by atoms with Gasteiger partial charge in [-0.3, -0.25) is 10.9 Å². The fourth-order valence-corrected chi connectivity index (χ4v) is 1.14. The first-order valence-electron chi connectivity index (χ1n) is 3.86. The van der Waals surface area contributed by atoms with Gasteiger partial charge in [0.1, 0.15) is 9.84 Å². The number of aromatic nitrogens is 1. The number of benzene rings is 1. The Bertz CT molecular complexity index is 435. The van der Waals surface area contributed by atoms with E-state index in [0.717, 1.165) is 11.1 Å². The van der Waals surface area contributed by atoms with Crippen molar-refractivity contribution in [1.82, 2.24) is 10.4 Å². The van der Waals surface area contributed by atoms with E-state index in [1.165, 1.54) is 0 Å². The van der Waals surface area contributed by atoms with Crippen molar-refractivity contribution in [3.05, 3.63) is 24.3 Å². The third-order valence-electron chi connectivity index (χ3n) is 1.57. The van der Waals surface area contributed by atoms with Gasteiger partial charge in [0, 0.05) is 0 Å². The Labute approximate surface area is 91.1 Å². The summed E-state index contributed by atoms with van der Waals surface area (Å²) in [6, 6.07) is 7.84. The van der Waals surface area contributed by atoms with Crippen LogP contribution in [0.2, 0.25) is 0 Å². The summed E-state index contributed by atoms with van der Waals surface area (Å²) < 4.78 is 5.67. The second-order valence-electron chi connectivity index (χ2n) is 2.54. The second kappa shape index (κ2) is 3.85. The summed E-state index contributed by atoms with van der Waals surface area (Å²) in [6.07, 6.45) is 0. The van der Waals surface area contributed by atoms with Crippen molar-refractivity contribution < 1.29 is 4.42 Å². The van der Waals surface area contributed by atoms with Crippen LogP contribution in [0, 0.1) is 0 Å². The first kappa shape index (κ1) is 9.29. The normalized spacial score (nSPS) is 10.1. The van der Waals surface area contributed by atoms with Crippen molar-refractivity contribution in [3.8, 4) is 0 Å². The number of thiol groups is 1. The maximum absolute atomic E-state index is 5.34. The average molecular weight is 225 g/mol. The highest BCUT2D eigenvalue weighted by atomic mass is 32.1. The zero-order chi connectivity index (χ0) is 9.97. The molecule has 1 aromatic carbocycles. The van der Waals surface area contributed by atoms with Crippen LogP contribution < -0.4 is 10.9 Å². The number of hydrazine groups is 1. The highest BCUT2D eigenvalue weighted by Gasteiger charge is 2.02.